The number of rotatable bonds is 8. The second-order valence-corrected chi connectivity index (χ2v) is 4.02. The van der Waals surface area contributed by atoms with Gasteiger partial charge in [0, 0.05) is 13.0 Å². The third kappa shape index (κ3) is 7.90. The predicted octanol–water partition coefficient (Wildman–Crippen LogP) is 1.71. The summed E-state index contributed by atoms with van der Waals surface area (Å²) in [6.45, 7) is 4.47. The van der Waals surface area contributed by atoms with E-state index < -0.39 is 18.1 Å². The summed E-state index contributed by atoms with van der Waals surface area (Å²) in [7, 11) is 0. The molecule has 2 N–H and O–H groups in total. The van der Waals surface area contributed by atoms with Crippen LogP contribution >= 0.6 is 0 Å². The van der Waals surface area contributed by atoms with E-state index in [0.717, 1.165) is 0 Å². The molecule has 0 aliphatic rings. The van der Waals surface area contributed by atoms with Gasteiger partial charge in [-0.1, -0.05) is 6.92 Å². The van der Waals surface area contributed by atoms with E-state index in [1.165, 1.54) is 0 Å². The molecule has 0 aromatic rings. The molecule has 6 heteroatoms. The molecule has 0 spiro atoms. The standard InChI is InChI=1S/C10H20F3NO2/c1-3-14-9(2,7-15)8-16-6-4-5-10(11,12)13/h14-15H,3-8H2,1-2H3. The van der Waals surface area contributed by atoms with Crippen molar-refractivity contribution in [3.8, 4) is 0 Å². The largest absolute Gasteiger partial charge is 0.394 e. The minimum absolute atomic E-state index is 0.0445. The highest BCUT2D eigenvalue weighted by Gasteiger charge is 2.26. The topological polar surface area (TPSA) is 41.5 Å². The first-order valence-electron chi connectivity index (χ1n) is 5.33. The molecule has 0 radical (unpaired) electrons. The molecule has 1 atom stereocenters. The molecule has 0 bridgehead atoms. The first-order valence-corrected chi connectivity index (χ1v) is 5.33. The van der Waals surface area contributed by atoms with Gasteiger partial charge >= 0.3 is 6.18 Å². The number of hydrogen-bond acceptors (Lipinski definition) is 3. The Labute approximate surface area is 94.0 Å². The fourth-order valence-corrected chi connectivity index (χ4v) is 1.25. The van der Waals surface area contributed by atoms with Gasteiger partial charge in [-0.25, -0.2) is 0 Å². The zero-order valence-corrected chi connectivity index (χ0v) is 9.73. The SMILES string of the molecule is CCNC(C)(CO)COCCCC(F)(F)F. The van der Waals surface area contributed by atoms with Crippen LogP contribution in [-0.2, 0) is 4.74 Å². The summed E-state index contributed by atoms with van der Waals surface area (Å²) in [6.07, 6.45) is -4.99. The molecule has 0 amide bonds. The summed E-state index contributed by atoms with van der Waals surface area (Å²) in [5.74, 6) is 0. The normalized spacial score (nSPS) is 16.1. The van der Waals surface area contributed by atoms with Crippen molar-refractivity contribution in [1.82, 2.24) is 5.32 Å². The van der Waals surface area contributed by atoms with Crippen LogP contribution in [0.3, 0.4) is 0 Å². The van der Waals surface area contributed by atoms with E-state index in [4.69, 9.17) is 9.84 Å². The van der Waals surface area contributed by atoms with Crippen LogP contribution in [0.1, 0.15) is 26.7 Å². The predicted molar refractivity (Wildman–Crippen MR) is 55.3 cm³/mol. The Hall–Kier alpha value is -0.330. The second kappa shape index (κ2) is 7.09. The van der Waals surface area contributed by atoms with Crippen molar-refractivity contribution >= 4 is 0 Å². The lowest BCUT2D eigenvalue weighted by molar-refractivity contribution is -0.138. The molecule has 3 nitrogen and oxygen atoms in total. The maximum atomic E-state index is 11.8. The number of aliphatic hydroxyl groups excluding tert-OH is 1. The number of hydrogen-bond donors (Lipinski definition) is 2. The van der Waals surface area contributed by atoms with Gasteiger partial charge in [-0.3, -0.25) is 0 Å². The van der Waals surface area contributed by atoms with Crippen molar-refractivity contribution in [1.29, 1.82) is 0 Å². The van der Waals surface area contributed by atoms with E-state index in [9.17, 15) is 13.2 Å². The van der Waals surface area contributed by atoms with Crippen molar-refractivity contribution in [3.05, 3.63) is 0 Å². The molecule has 0 saturated heterocycles. The number of aliphatic hydroxyl groups is 1. The van der Waals surface area contributed by atoms with E-state index in [0.29, 0.717) is 6.54 Å². The minimum Gasteiger partial charge on any atom is -0.394 e. The first kappa shape index (κ1) is 15.7. The second-order valence-electron chi connectivity index (χ2n) is 4.02. The molecule has 0 fully saturated rings. The van der Waals surface area contributed by atoms with Crippen LogP contribution in [-0.4, -0.2) is 43.2 Å². The van der Waals surface area contributed by atoms with Crippen LogP contribution in [0.2, 0.25) is 0 Å². The summed E-state index contributed by atoms with van der Waals surface area (Å²) in [5.41, 5.74) is -0.576. The Morgan fingerprint density at radius 3 is 2.38 bits per heavy atom. The lowest BCUT2D eigenvalue weighted by atomic mass is 10.1. The molecule has 0 heterocycles. The Bertz CT molecular complexity index is 187. The van der Waals surface area contributed by atoms with Gasteiger partial charge in [0.1, 0.15) is 0 Å². The molecule has 1 unspecified atom stereocenters. The van der Waals surface area contributed by atoms with Crippen LogP contribution in [0.25, 0.3) is 0 Å². The van der Waals surface area contributed by atoms with Crippen LogP contribution in [0.5, 0.6) is 0 Å². The van der Waals surface area contributed by atoms with Crippen molar-refractivity contribution in [3.63, 3.8) is 0 Å². The first-order chi connectivity index (χ1) is 7.33. The Morgan fingerprint density at radius 1 is 1.31 bits per heavy atom. The van der Waals surface area contributed by atoms with E-state index in [-0.39, 0.29) is 26.2 Å². The van der Waals surface area contributed by atoms with Gasteiger partial charge in [-0.2, -0.15) is 13.2 Å². The lowest BCUT2D eigenvalue weighted by Crippen LogP contribution is -2.49. The Balaban J connectivity index is 3.64. The van der Waals surface area contributed by atoms with Gasteiger partial charge in [0.2, 0.25) is 0 Å². The summed E-state index contributed by atoms with van der Waals surface area (Å²) in [6, 6.07) is 0. The van der Waals surface area contributed by atoms with Gasteiger partial charge in [-0.15, -0.1) is 0 Å². The highest BCUT2D eigenvalue weighted by molar-refractivity contribution is 4.81. The maximum Gasteiger partial charge on any atom is 0.389 e. The maximum absolute atomic E-state index is 11.8. The van der Waals surface area contributed by atoms with E-state index >= 15 is 0 Å². The number of alkyl halides is 3. The van der Waals surface area contributed by atoms with Crippen LogP contribution < -0.4 is 5.32 Å². The van der Waals surface area contributed by atoms with Gasteiger partial charge in [0.05, 0.1) is 18.8 Å². The quantitative estimate of drug-likeness (QED) is 0.638. The summed E-state index contributed by atoms with van der Waals surface area (Å²) >= 11 is 0. The molecule has 16 heavy (non-hydrogen) atoms. The van der Waals surface area contributed by atoms with Crippen molar-refractivity contribution in [2.75, 3.05) is 26.4 Å². The average Bonchev–Trinajstić information content (AvgIpc) is 2.16. The van der Waals surface area contributed by atoms with Gasteiger partial charge in [0.15, 0.2) is 0 Å². The minimum atomic E-state index is -4.12. The van der Waals surface area contributed by atoms with Crippen molar-refractivity contribution in [2.45, 2.75) is 38.4 Å². The molecule has 0 aliphatic carbocycles. The number of ether oxygens (including phenoxy) is 1. The number of nitrogens with one attached hydrogen (secondary N) is 1. The Morgan fingerprint density at radius 2 is 1.94 bits per heavy atom. The summed E-state index contributed by atoms with van der Waals surface area (Å²) < 4.78 is 40.5. The number of halogens is 3. The molecule has 0 aromatic carbocycles. The van der Waals surface area contributed by atoms with Crippen molar-refractivity contribution < 1.29 is 23.0 Å². The van der Waals surface area contributed by atoms with Gasteiger partial charge in [0.25, 0.3) is 0 Å². The molecule has 0 aliphatic heterocycles. The van der Waals surface area contributed by atoms with Gasteiger partial charge < -0.3 is 15.2 Å². The molecule has 0 saturated carbocycles. The monoisotopic (exact) mass is 243 g/mol. The van der Waals surface area contributed by atoms with Crippen LogP contribution in [0, 0.1) is 0 Å². The Kier molecular flexibility index (Phi) is 6.94. The fraction of sp³-hybridized carbons (Fsp3) is 1.00. The summed E-state index contributed by atoms with van der Waals surface area (Å²) in [4.78, 5) is 0. The smallest absolute Gasteiger partial charge is 0.389 e. The molecule has 0 rings (SSSR count). The molecular weight excluding hydrogens is 223 g/mol. The third-order valence-corrected chi connectivity index (χ3v) is 2.12. The molecule has 98 valence electrons. The zero-order chi connectivity index (χ0) is 12.7. The molecule has 0 aromatic heterocycles. The van der Waals surface area contributed by atoms with E-state index in [1.807, 2.05) is 6.92 Å². The zero-order valence-electron chi connectivity index (χ0n) is 9.73. The van der Waals surface area contributed by atoms with Gasteiger partial charge in [-0.05, 0) is 19.9 Å². The third-order valence-electron chi connectivity index (χ3n) is 2.12. The average molecular weight is 243 g/mol. The fourth-order valence-electron chi connectivity index (χ4n) is 1.25. The van der Waals surface area contributed by atoms with Crippen molar-refractivity contribution in [2.24, 2.45) is 0 Å². The highest BCUT2D eigenvalue weighted by Crippen LogP contribution is 2.21. The van der Waals surface area contributed by atoms with E-state index in [1.54, 1.807) is 6.92 Å². The molecular formula is C10H20F3NO2. The van der Waals surface area contributed by atoms with Crippen LogP contribution in [0.4, 0.5) is 13.2 Å². The lowest BCUT2D eigenvalue weighted by Gasteiger charge is -2.28. The highest BCUT2D eigenvalue weighted by atomic mass is 19.4. The van der Waals surface area contributed by atoms with E-state index in [2.05, 4.69) is 5.32 Å². The summed E-state index contributed by atoms with van der Waals surface area (Å²) in [5, 5.41) is 12.1. The number of likely N-dealkylation sites (N-methyl/N-ethyl adjacent to an activating group) is 1. The van der Waals surface area contributed by atoms with Crippen LogP contribution in [0.15, 0.2) is 0 Å².